The number of benzene rings is 2. The van der Waals surface area contributed by atoms with Gasteiger partial charge < -0.3 is 4.74 Å². The molecule has 0 N–H and O–H groups in total. The lowest BCUT2D eigenvalue weighted by molar-refractivity contribution is 0.295. The van der Waals surface area contributed by atoms with Crippen molar-refractivity contribution >= 4 is 0 Å². The molecule has 0 saturated heterocycles. The van der Waals surface area contributed by atoms with Crippen molar-refractivity contribution < 1.29 is 26.7 Å². The maximum absolute atomic E-state index is 14.2. The van der Waals surface area contributed by atoms with Crippen LogP contribution in [0.2, 0.25) is 0 Å². The summed E-state index contributed by atoms with van der Waals surface area (Å²) in [4.78, 5) is 0. The smallest absolute Gasteiger partial charge is 0.201 e. The maximum atomic E-state index is 14.2. The van der Waals surface area contributed by atoms with Crippen molar-refractivity contribution in [1.29, 1.82) is 0 Å². The van der Waals surface area contributed by atoms with Crippen LogP contribution in [0.1, 0.15) is 24.5 Å². The topological polar surface area (TPSA) is 9.23 Å². The van der Waals surface area contributed by atoms with Gasteiger partial charge in [0.2, 0.25) is 5.82 Å². The van der Waals surface area contributed by atoms with Gasteiger partial charge in [-0.05, 0) is 36.1 Å². The number of halogens is 5. The van der Waals surface area contributed by atoms with Gasteiger partial charge in [-0.15, -0.1) is 0 Å². The summed E-state index contributed by atoms with van der Waals surface area (Å²) in [7, 11) is 0. The zero-order valence-electron chi connectivity index (χ0n) is 11.6. The normalized spacial score (nSPS) is 12.3. The van der Waals surface area contributed by atoms with E-state index in [-0.39, 0.29) is 35.5 Å². The van der Waals surface area contributed by atoms with Crippen molar-refractivity contribution in [3.8, 4) is 16.9 Å². The fraction of sp³-hybridized carbons (Fsp3) is 0.250. The lowest BCUT2D eigenvalue weighted by Crippen LogP contribution is -2.02. The number of ether oxygens (including phenoxy) is 1. The van der Waals surface area contributed by atoms with E-state index in [1.165, 1.54) is 6.07 Å². The molecule has 6 heteroatoms. The van der Waals surface area contributed by atoms with Gasteiger partial charge in [0.15, 0.2) is 29.0 Å². The molecule has 1 aliphatic carbocycles. The minimum Gasteiger partial charge on any atom is -0.490 e. The molecule has 1 aliphatic rings. The van der Waals surface area contributed by atoms with Crippen LogP contribution >= 0.6 is 0 Å². The summed E-state index contributed by atoms with van der Waals surface area (Å²) in [5, 5.41) is 0. The van der Waals surface area contributed by atoms with Gasteiger partial charge in [0, 0.05) is 11.1 Å². The second-order valence-corrected chi connectivity index (χ2v) is 5.08. The fourth-order valence-electron chi connectivity index (χ4n) is 2.64. The van der Waals surface area contributed by atoms with Crippen molar-refractivity contribution in [1.82, 2.24) is 0 Å². The van der Waals surface area contributed by atoms with Crippen molar-refractivity contribution in [3.05, 3.63) is 52.3 Å². The molecule has 116 valence electrons. The molecule has 0 heterocycles. The standard InChI is InChI=1S/C16H11F5O/c1-2-3-22-10-6-8-4-7-5-9(17)13(18)15(20)11(7)12(8)16(21)14(10)19/h5-6H,2-4H2,1H3. The maximum Gasteiger partial charge on any atom is 0.201 e. The van der Waals surface area contributed by atoms with E-state index in [1.807, 2.05) is 0 Å². The molecule has 0 atom stereocenters. The van der Waals surface area contributed by atoms with Gasteiger partial charge >= 0.3 is 0 Å². The van der Waals surface area contributed by atoms with E-state index >= 15 is 0 Å². The monoisotopic (exact) mass is 314 g/mol. The van der Waals surface area contributed by atoms with Gasteiger partial charge in [0.25, 0.3) is 0 Å². The summed E-state index contributed by atoms with van der Waals surface area (Å²) >= 11 is 0. The lowest BCUT2D eigenvalue weighted by Gasteiger charge is -2.11. The van der Waals surface area contributed by atoms with Crippen LogP contribution in [0.5, 0.6) is 5.75 Å². The molecule has 3 rings (SSSR count). The van der Waals surface area contributed by atoms with E-state index in [1.54, 1.807) is 6.92 Å². The molecule has 0 radical (unpaired) electrons. The second-order valence-electron chi connectivity index (χ2n) is 5.08. The third-order valence-electron chi connectivity index (χ3n) is 3.59. The summed E-state index contributed by atoms with van der Waals surface area (Å²) in [6.07, 6.45) is 0.585. The van der Waals surface area contributed by atoms with E-state index in [4.69, 9.17) is 4.74 Å². The van der Waals surface area contributed by atoms with Crippen LogP contribution in [0.3, 0.4) is 0 Å². The summed E-state index contributed by atoms with van der Waals surface area (Å²) in [5.41, 5.74) is -0.471. The number of fused-ring (bicyclic) bond motifs is 3. The van der Waals surface area contributed by atoms with Crippen LogP contribution < -0.4 is 4.74 Å². The fourth-order valence-corrected chi connectivity index (χ4v) is 2.64. The predicted molar refractivity (Wildman–Crippen MR) is 70.3 cm³/mol. The molecule has 2 aromatic rings. The Morgan fingerprint density at radius 1 is 0.864 bits per heavy atom. The Labute approximate surface area is 123 Å². The van der Waals surface area contributed by atoms with Crippen molar-refractivity contribution in [2.45, 2.75) is 19.8 Å². The minimum atomic E-state index is -1.70. The first-order valence-electron chi connectivity index (χ1n) is 6.76. The van der Waals surface area contributed by atoms with Crippen LogP contribution in [0.4, 0.5) is 22.0 Å². The highest BCUT2D eigenvalue weighted by Gasteiger charge is 2.32. The van der Waals surface area contributed by atoms with E-state index in [9.17, 15) is 22.0 Å². The average Bonchev–Trinajstić information content (AvgIpc) is 2.85. The average molecular weight is 314 g/mol. The molecule has 2 aromatic carbocycles. The third kappa shape index (κ3) is 2.05. The molecule has 0 saturated carbocycles. The third-order valence-corrected chi connectivity index (χ3v) is 3.59. The molecule has 0 spiro atoms. The summed E-state index contributed by atoms with van der Waals surface area (Å²) in [5.74, 6) is -7.41. The minimum absolute atomic E-state index is 0.0154. The first-order chi connectivity index (χ1) is 10.5. The van der Waals surface area contributed by atoms with Crippen molar-refractivity contribution in [3.63, 3.8) is 0 Å². The van der Waals surface area contributed by atoms with Gasteiger partial charge in [-0.1, -0.05) is 6.92 Å². The number of hydrogen-bond acceptors (Lipinski definition) is 1. The zero-order valence-corrected chi connectivity index (χ0v) is 11.6. The zero-order chi connectivity index (χ0) is 16.0. The Morgan fingerprint density at radius 3 is 2.09 bits per heavy atom. The SMILES string of the molecule is CCCOc1cc2c(c(F)c1F)-c1c(cc(F)c(F)c1F)C2. The number of rotatable bonds is 3. The lowest BCUT2D eigenvalue weighted by atomic mass is 10.0. The van der Waals surface area contributed by atoms with E-state index in [0.29, 0.717) is 6.42 Å². The van der Waals surface area contributed by atoms with E-state index in [2.05, 4.69) is 0 Å². The first kappa shape index (κ1) is 14.8. The van der Waals surface area contributed by atoms with Gasteiger partial charge in [0.1, 0.15) is 0 Å². The second kappa shape index (κ2) is 5.26. The van der Waals surface area contributed by atoms with Crippen LogP contribution in [-0.4, -0.2) is 6.61 Å². The highest BCUT2D eigenvalue weighted by Crippen LogP contribution is 2.44. The van der Waals surface area contributed by atoms with Crippen LogP contribution in [0.25, 0.3) is 11.1 Å². The van der Waals surface area contributed by atoms with Crippen molar-refractivity contribution in [2.75, 3.05) is 6.61 Å². The predicted octanol–water partition coefficient (Wildman–Crippen LogP) is 4.74. The molecule has 0 amide bonds. The van der Waals surface area contributed by atoms with Gasteiger partial charge in [-0.2, -0.15) is 4.39 Å². The molecule has 0 aliphatic heterocycles. The van der Waals surface area contributed by atoms with Crippen LogP contribution in [0, 0.1) is 29.1 Å². The molecule has 0 fully saturated rings. The Balaban J connectivity index is 2.20. The largest absolute Gasteiger partial charge is 0.490 e. The molecule has 0 bridgehead atoms. The Bertz CT molecular complexity index is 770. The Kier molecular flexibility index (Phi) is 3.54. The summed E-state index contributed by atoms with van der Waals surface area (Å²) in [6.45, 7) is 2.00. The van der Waals surface area contributed by atoms with Gasteiger partial charge in [-0.25, -0.2) is 17.6 Å². The van der Waals surface area contributed by atoms with E-state index in [0.717, 1.165) is 6.07 Å². The van der Waals surface area contributed by atoms with Gasteiger partial charge in [0.05, 0.1) is 6.61 Å². The molecule has 1 nitrogen and oxygen atoms in total. The Hall–Kier alpha value is -2.11. The Morgan fingerprint density at radius 2 is 1.45 bits per heavy atom. The molecular formula is C16H11F5O. The van der Waals surface area contributed by atoms with E-state index < -0.39 is 34.6 Å². The highest BCUT2D eigenvalue weighted by molar-refractivity contribution is 5.78. The molecular weight excluding hydrogens is 303 g/mol. The van der Waals surface area contributed by atoms with Crippen molar-refractivity contribution in [2.24, 2.45) is 0 Å². The highest BCUT2D eigenvalue weighted by atomic mass is 19.2. The first-order valence-corrected chi connectivity index (χ1v) is 6.76. The molecule has 22 heavy (non-hydrogen) atoms. The quantitative estimate of drug-likeness (QED) is 0.501. The molecule has 0 unspecified atom stereocenters. The van der Waals surface area contributed by atoms with Gasteiger partial charge in [-0.3, -0.25) is 0 Å². The summed E-state index contributed by atoms with van der Waals surface area (Å²) < 4.78 is 73.9. The van der Waals surface area contributed by atoms with Crippen LogP contribution in [-0.2, 0) is 6.42 Å². The molecule has 0 aromatic heterocycles. The number of hydrogen-bond donors (Lipinski definition) is 0. The summed E-state index contributed by atoms with van der Waals surface area (Å²) in [6, 6.07) is 2.05. The van der Waals surface area contributed by atoms with Crippen LogP contribution in [0.15, 0.2) is 12.1 Å².